The van der Waals surface area contributed by atoms with Crippen LogP contribution in [0.15, 0.2) is 36.4 Å². The van der Waals surface area contributed by atoms with E-state index in [0.717, 1.165) is 48.5 Å². The summed E-state index contributed by atoms with van der Waals surface area (Å²) >= 11 is 0. The normalized spacial score (nSPS) is 18.6. The van der Waals surface area contributed by atoms with Crippen LogP contribution in [0.25, 0.3) is 10.9 Å². The highest BCUT2D eigenvalue weighted by Gasteiger charge is 2.36. The number of para-hydroxylation sites is 1. The van der Waals surface area contributed by atoms with Crippen molar-refractivity contribution in [1.29, 1.82) is 0 Å². The van der Waals surface area contributed by atoms with E-state index in [1.54, 1.807) is 0 Å². The van der Waals surface area contributed by atoms with Crippen molar-refractivity contribution in [2.75, 3.05) is 30.9 Å². The van der Waals surface area contributed by atoms with Gasteiger partial charge in [-0.25, -0.2) is 13.8 Å². The van der Waals surface area contributed by atoms with Crippen molar-refractivity contribution in [3.63, 3.8) is 0 Å². The van der Waals surface area contributed by atoms with Gasteiger partial charge in [-0.05, 0) is 56.3 Å². The zero-order valence-corrected chi connectivity index (χ0v) is 19.6. The molecule has 1 aromatic heterocycles. The van der Waals surface area contributed by atoms with Gasteiger partial charge in [-0.2, -0.15) is 18.2 Å². The largest absolute Gasteiger partial charge is 0.419 e. The third-order valence-corrected chi connectivity index (χ3v) is 6.40. The lowest BCUT2D eigenvalue weighted by molar-refractivity contribution is -0.140. The van der Waals surface area contributed by atoms with Crippen molar-refractivity contribution in [3.8, 4) is 0 Å². The van der Waals surface area contributed by atoms with Crippen LogP contribution in [0.4, 0.5) is 33.7 Å². The summed E-state index contributed by atoms with van der Waals surface area (Å²) in [6.45, 7) is 0.545. The smallest absolute Gasteiger partial charge is 0.362 e. The predicted octanol–water partition coefficient (Wildman–Crippen LogP) is 5.75. The maximum absolute atomic E-state index is 14.1. The Kier molecular flexibility index (Phi) is 7.39. The third-order valence-electron chi connectivity index (χ3n) is 6.40. The predicted molar refractivity (Wildman–Crippen MR) is 126 cm³/mol. The first kappa shape index (κ1) is 25.1. The second-order valence-corrected chi connectivity index (χ2v) is 9.17. The highest BCUT2D eigenvalue weighted by molar-refractivity contribution is 5.90. The van der Waals surface area contributed by atoms with Crippen LogP contribution < -0.4 is 15.5 Å². The molecule has 0 radical (unpaired) electrons. The van der Waals surface area contributed by atoms with E-state index < -0.39 is 23.4 Å². The number of halogens is 5. The van der Waals surface area contributed by atoms with Crippen LogP contribution in [-0.4, -0.2) is 36.6 Å². The van der Waals surface area contributed by atoms with E-state index in [9.17, 15) is 22.0 Å². The molecule has 4 rings (SSSR count). The fourth-order valence-corrected chi connectivity index (χ4v) is 4.51. The lowest BCUT2D eigenvalue weighted by atomic mass is 9.86. The van der Waals surface area contributed by atoms with Gasteiger partial charge >= 0.3 is 6.18 Å². The molecular formula is C25H28F5N5. The van der Waals surface area contributed by atoms with Gasteiger partial charge in [0.15, 0.2) is 11.6 Å². The first-order valence-corrected chi connectivity index (χ1v) is 11.6. The van der Waals surface area contributed by atoms with Crippen molar-refractivity contribution in [2.24, 2.45) is 5.92 Å². The van der Waals surface area contributed by atoms with Gasteiger partial charge in [0.25, 0.3) is 0 Å². The quantitative estimate of drug-likeness (QED) is 0.411. The zero-order chi connectivity index (χ0) is 25.2. The molecule has 0 amide bonds. The van der Waals surface area contributed by atoms with Crippen LogP contribution in [-0.2, 0) is 12.7 Å². The summed E-state index contributed by atoms with van der Waals surface area (Å²) in [7, 11) is 3.89. The molecule has 0 unspecified atom stereocenters. The lowest BCUT2D eigenvalue weighted by Crippen LogP contribution is -2.32. The Balaban J connectivity index is 1.29. The SMILES string of the molecule is CN(C)c1nc(NC2CCC(CNCc3ccc(C(F)(F)F)c(F)c3F)CC2)nc2ccccc12. The number of alkyl halides is 3. The summed E-state index contributed by atoms with van der Waals surface area (Å²) in [5.41, 5.74) is -0.827. The molecule has 1 aliphatic rings. The number of aromatic nitrogens is 2. The van der Waals surface area contributed by atoms with E-state index in [4.69, 9.17) is 0 Å². The summed E-state index contributed by atoms with van der Waals surface area (Å²) < 4.78 is 66.0. The molecule has 188 valence electrons. The van der Waals surface area contributed by atoms with E-state index in [2.05, 4.69) is 20.6 Å². The Hall–Kier alpha value is -3.01. The van der Waals surface area contributed by atoms with E-state index in [1.165, 1.54) is 0 Å². The highest BCUT2D eigenvalue weighted by atomic mass is 19.4. The van der Waals surface area contributed by atoms with Gasteiger partial charge in [0, 0.05) is 37.6 Å². The first-order valence-electron chi connectivity index (χ1n) is 11.6. The van der Waals surface area contributed by atoms with Crippen LogP contribution in [0.5, 0.6) is 0 Å². The van der Waals surface area contributed by atoms with E-state index in [1.807, 2.05) is 43.3 Å². The van der Waals surface area contributed by atoms with Gasteiger partial charge in [0.2, 0.25) is 5.95 Å². The number of hydrogen-bond acceptors (Lipinski definition) is 5. The molecule has 1 aliphatic carbocycles. The average molecular weight is 494 g/mol. The minimum Gasteiger partial charge on any atom is -0.362 e. The average Bonchev–Trinajstić information content (AvgIpc) is 2.81. The monoisotopic (exact) mass is 493 g/mol. The molecule has 2 aromatic carbocycles. The maximum Gasteiger partial charge on any atom is 0.419 e. The number of fused-ring (bicyclic) bond motifs is 1. The molecule has 0 spiro atoms. The molecule has 1 heterocycles. The van der Waals surface area contributed by atoms with Crippen LogP contribution in [0.2, 0.25) is 0 Å². The molecule has 35 heavy (non-hydrogen) atoms. The maximum atomic E-state index is 14.1. The number of nitrogens with zero attached hydrogens (tertiary/aromatic N) is 3. The first-order chi connectivity index (χ1) is 16.6. The molecule has 0 bridgehead atoms. The standard InChI is InChI=1S/C25H28F5N5/c1-35(2)23-18-5-3-4-6-20(18)33-24(34-23)32-17-10-7-15(8-11-17)13-31-14-16-9-12-19(25(28,29)30)22(27)21(16)26/h3-6,9,12,15,17,31H,7-8,10-11,13-14H2,1-2H3,(H,32,33,34). The van der Waals surface area contributed by atoms with Crippen molar-refractivity contribution in [2.45, 2.75) is 44.4 Å². The van der Waals surface area contributed by atoms with Gasteiger partial charge < -0.3 is 15.5 Å². The molecular weight excluding hydrogens is 465 g/mol. The van der Waals surface area contributed by atoms with E-state index in [-0.39, 0.29) is 18.2 Å². The van der Waals surface area contributed by atoms with Gasteiger partial charge in [-0.3, -0.25) is 0 Å². The summed E-state index contributed by atoms with van der Waals surface area (Å²) in [6, 6.07) is 9.67. The zero-order valence-electron chi connectivity index (χ0n) is 19.6. The van der Waals surface area contributed by atoms with Crippen LogP contribution in [0.3, 0.4) is 0 Å². The van der Waals surface area contributed by atoms with E-state index in [0.29, 0.717) is 24.5 Å². The molecule has 0 atom stereocenters. The minimum atomic E-state index is -4.92. The number of nitrogens with one attached hydrogen (secondary N) is 2. The van der Waals surface area contributed by atoms with Gasteiger partial charge in [-0.15, -0.1) is 0 Å². The van der Waals surface area contributed by atoms with Crippen molar-refractivity contribution in [3.05, 3.63) is 59.2 Å². The van der Waals surface area contributed by atoms with E-state index >= 15 is 0 Å². The molecule has 1 fully saturated rings. The molecule has 10 heteroatoms. The molecule has 0 saturated heterocycles. The van der Waals surface area contributed by atoms with Crippen molar-refractivity contribution >= 4 is 22.7 Å². The fraction of sp³-hybridized carbons (Fsp3) is 0.440. The van der Waals surface area contributed by atoms with Crippen molar-refractivity contribution in [1.82, 2.24) is 15.3 Å². The second-order valence-electron chi connectivity index (χ2n) is 9.17. The number of rotatable bonds is 7. The lowest BCUT2D eigenvalue weighted by Gasteiger charge is -2.29. The Labute approximate surface area is 200 Å². The van der Waals surface area contributed by atoms with Crippen LogP contribution in [0, 0.1) is 17.6 Å². The molecule has 3 aromatic rings. The highest BCUT2D eigenvalue weighted by Crippen LogP contribution is 2.33. The Morgan fingerprint density at radius 3 is 2.34 bits per heavy atom. The second kappa shape index (κ2) is 10.3. The third kappa shape index (κ3) is 5.80. The number of anilines is 2. The van der Waals surface area contributed by atoms with Gasteiger partial charge in [-0.1, -0.05) is 18.2 Å². The van der Waals surface area contributed by atoms with Crippen molar-refractivity contribution < 1.29 is 22.0 Å². The molecule has 2 N–H and O–H groups in total. The molecule has 0 aliphatic heterocycles. The van der Waals surface area contributed by atoms with Gasteiger partial charge in [0.05, 0.1) is 11.1 Å². The fourth-order valence-electron chi connectivity index (χ4n) is 4.51. The Bertz CT molecular complexity index is 1170. The summed E-state index contributed by atoms with van der Waals surface area (Å²) in [4.78, 5) is 11.3. The van der Waals surface area contributed by atoms with Gasteiger partial charge in [0.1, 0.15) is 5.82 Å². The molecule has 5 nitrogen and oxygen atoms in total. The minimum absolute atomic E-state index is 0.0304. The van der Waals surface area contributed by atoms with Crippen LogP contribution in [0.1, 0.15) is 36.8 Å². The summed E-state index contributed by atoms with van der Waals surface area (Å²) in [6.07, 6.45) is -1.27. The topological polar surface area (TPSA) is 53.1 Å². The Morgan fingerprint density at radius 2 is 1.66 bits per heavy atom. The summed E-state index contributed by atoms with van der Waals surface area (Å²) in [5, 5.41) is 7.50. The number of hydrogen-bond donors (Lipinski definition) is 2. The Morgan fingerprint density at radius 1 is 0.943 bits per heavy atom. The van der Waals surface area contributed by atoms with Crippen LogP contribution >= 0.6 is 0 Å². The number of benzene rings is 2. The summed E-state index contributed by atoms with van der Waals surface area (Å²) in [5.74, 6) is -1.52. The molecule has 1 saturated carbocycles.